The number of unbranched alkanes of at least 4 members (excludes halogenated alkanes) is 2. The average Bonchev–Trinajstić information content (AvgIpc) is 1.49. The van der Waals surface area contributed by atoms with E-state index in [-0.39, 0.29) is 116 Å². The Hall–Kier alpha value is -6.38. The van der Waals surface area contributed by atoms with E-state index in [4.69, 9.17) is 30.5 Å². The molecule has 10 amide bonds. The molecule has 4 bridgehead atoms. The molecule has 2 unspecified atom stereocenters. The Morgan fingerprint density at radius 3 is 2.30 bits per heavy atom. The normalized spacial score (nSPS) is 22.4. The fraction of sp³-hybridized carbons (Fsp3) is 0.672. The molecule has 3 aliphatic heterocycles. The number of methoxy groups -OCH3 is 2. The summed E-state index contributed by atoms with van der Waals surface area (Å²) in [6.45, 7) is 12.4. The van der Waals surface area contributed by atoms with Crippen LogP contribution in [0.25, 0.3) is 0 Å². The average molecular weight is 1330 g/mol. The van der Waals surface area contributed by atoms with E-state index < -0.39 is 71.2 Å². The topological polar surface area (TPSA) is 307 Å². The van der Waals surface area contributed by atoms with Crippen molar-refractivity contribution in [3.63, 3.8) is 0 Å². The number of nitrogens with zero attached hydrogens (tertiary/aromatic N) is 3. The molecule has 4 rings (SSSR count). The molecule has 1 aromatic carbocycles. The van der Waals surface area contributed by atoms with Crippen molar-refractivity contribution in [2.24, 2.45) is 11.8 Å². The highest BCUT2D eigenvalue weighted by Gasteiger charge is 2.40. The number of esters is 1. The number of amides is 10. The van der Waals surface area contributed by atoms with E-state index in [1.807, 2.05) is 65.0 Å². The van der Waals surface area contributed by atoms with E-state index in [0.29, 0.717) is 67.9 Å². The van der Waals surface area contributed by atoms with Crippen molar-refractivity contribution < 1.29 is 71.7 Å². The zero-order valence-electron chi connectivity index (χ0n) is 54.9. The van der Waals surface area contributed by atoms with Gasteiger partial charge in [0.25, 0.3) is 0 Å². The fourth-order valence-corrected chi connectivity index (χ4v) is 13.1. The van der Waals surface area contributed by atoms with Gasteiger partial charge in [-0.05, 0) is 113 Å². The number of imide groups is 1. The monoisotopic (exact) mass is 1330 g/mol. The molecule has 3 aliphatic rings. The molecule has 508 valence electrons. The van der Waals surface area contributed by atoms with Gasteiger partial charge in [-0.2, -0.15) is 0 Å². The van der Waals surface area contributed by atoms with E-state index in [0.717, 1.165) is 36.8 Å². The molecule has 2 fully saturated rings. The number of likely N-dealkylation sites (N-methyl/N-ethyl adjacent to an activating group) is 1. The lowest BCUT2D eigenvalue weighted by Crippen LogP contribution is -2.52. The van der Waals surface area contributed by atoms with Gasteiger partial charge in [0.15, 0.2) is 0 Å². The van der Waals surface area contributed by atoms with Gasteiger partial charge in [0.1, 0.15) is 35.6 Å². The van der Waals surface area contributed by atoms with Crippen molar-refractivity contribution in [1.29, 1.82) is 0 Å². The summed E-state index contributed by atoms with van der Waals surface area (Å²) in [4.78, 5) is 146. The highest BCUT2D eigenvalue weighted by molar-refractivity contribution is 8.00. The number of hydrogen-bond donors (Lipinski definition) is 6. The first kappa shape index (κ1) is 77.1. The molecule has 24 nitrogen and oxygen atoms in total. The van der Waals surface area contributed by atoms with E-state index in [1.165, 1.54) is 59.3 Å². The highest BCUT2D eigenvalue weighted by atomic mass is 35.5. The summed E-state index contributed by atoms with van der Waals surface area (Å²) in [7, 11) is 6.19. The zero-order valence-corrected chi connectivity index (χ0v) is 57.3. The highest BCUT2D eigenvalue weighted by Crippen LogP contribution is 2.38. The molecule has 9 atom stereocenters. The van der Waals surface area contributed by atoms with Crippen molar-refractivity contribution in [2.45, 2.75) is 192 Å². The van der Waals surface area contributed by atoms with Gasteiger partial charge in [-0.15, -0.1) is 23.5 Å². The molecule has 0 spiro atoms. The molecule has 0 saturated carbocycles. The van der Waals surface area contributed by atoms with E-state index >= 15 is 0 Å². The lowest BCUT2D eigenvalue weighted by Gasteiger charge is -2.37. The predicted molar refractivity (Wildman–Crippen MR) is 351 cm³/mol. The number of thioether (sulfide) groups is 2. The maximum atomic E-state index is 14.2. The predicted octanol–water partition coefficient (Wildman–Crippen LogP) is 6.29. The minimum absolute atomic E-state index is 0.0593. The van der Waals surface area contributed by atoms with Crippen molar-refractivity contribution >= 4 is 106 Å². The molecular weight excluding hydrogens is 1230 g/mol. The minimum Gasteiger partial charge on any atom is -0.495 e. The number of alkyl carbamates (subject to hydrolysis) is 1. The van der Waals surface area contributed by atoms with Gasteiger partial charge < -0.3 is 60.6 Å². The van der Waals surface area contributed by atoms with Crippen LogP contribution in [0.2, 0.25) is 5.02 Å². The number of carbonyl (C=O) groups excluding carboxylic acids is 11. The Morgan fingerprint density at radius 2 is 1.59 bits per heavy atom. The first-order valence-electron chi connectivity index (χ1n) is 31.6. The summed E-state index contributed by atoms with van der Waals surface area (Å²) < 4.78 is 23.3. The smallest absolute Gasteiger partial charge is 0.407 e. The van der Waals surface area contributed by atoms with Crippen LogP contribution in [0.1, 0.15) is 150 Å². The number of rotatable bonds is 32. The minimum atomic E-state index is -1.00. The van der Waals surface area contributed by atoms with Gasteiger partial charge >= 0.3 is 12.1 Å². The maximum absolute atomic E-state index is 14.2. The van der Waals surface area contributed by atoms with Crippen molar-refractivity contribution in [3.05, 3.63) is 46.5 Å². The number of ether oxygens (including phenoxy) is 4. The van der Waals surface area contributed by atoms with Crippen molar-refractivity contribution in [2.75, 3.05) is 76.8 Å². The van der Waals surface area contributed by atoms with E-state index in [1.54, 1.807) is 14.2 Å². The molecule has 6 N–H and O–H groups in total. The fourth-order valence-electron chi connectivity index (χ4n) is 10.9. The number of nitrogens with one attached hydrogen (secondary N) is 6. The SMILES string of the molecule is CCCC(C)(CC)NC(=O)CCCN1C(=O)CC(SCCCC(=O)NCC(=O)N[C@H](C)C(=O)NCC(=O)NCSCCCCCC(=O)N(C)CC(=O)O[C@H]2CC(=O)N(C)c3cc(cc(OC)c3Cl)C/C(C)=C/C=C/[C@@H](OC)[C@@H]3C[C@H](OC(=O)N3)[C@@H](C)C[C@@H]2C)C1=O. The standard InChI is InChI=1S/C64H98ClN9O15S2/c1-12-25-64(7,13-2)71-53(76)22-18-26-74-58(81)35-51(62(74)84)91-28-19-23-52(75)66-37-55(78)69-43(6)61(83)67-36-54(77)68-39-90-27-16-14-15-24-56(79)72(8)38-59(82)88-49-34-57(80)73(9)46-31-44(32-50(87-11)60(46)65)29-40(3)20-17-21-47(86-10)45-33-48(89-63(85)70-45)41(4)30-42(49)5/h17,20-21,31-32,41-43,45,47-49,51H,12-16,18-19,22-30,33-39H2,1-11H3,(H,66,75)(H,67,83)(H,68,77)(H,69,78)(H,70,85)(H,71,76)/b21-17+,40-20+/t41-,42-,43+,45-,47+,48-,49-,51?,64?/m0/s1. The van der Waals surface area contributed by atoms with E-state index in [9.17, 15) is 52.7 Å². The Kier molecular flexibility index (Phi) is 33.2. The molecule has 0 radical (unpaired) electrons. The Labute approximate surface area is 550 Å². The lowest BCUT2D eigenvalue weighted by molar-refractivity contribution is -0.157. The summed E-state index contributed by atoms with van der Waals surface area (Å²) in [5.74, 6) is -2.92. The summed E-state index contributed by atoms with van der Waals surface area (Å²) in [6.07, 6.45) is 10.3. The van der Waals surface area contributed by atoms with Crippen molar-refractivity contribution in [1.82, 2.24) is 41.7 Å². The van der Waals surface area contributed by atoms with Gasteiger partial charge in [-0.1, -0.05) is 75.9 Å². The van der Waals surface area contributed by atoms with Gasteiger partial charge in [0, 0.05) is 65.4 Å². The second-order valence-corrected chi connectivity index (χ2v) is 26.9. The number of halogens is 1. The summed E-state index contributed by atoms with van der Waals surface area (Å²) >= 11 is 9.56. The molecule has 1 aromatic rings. The molecule has 27 heteroatoms. The third-order valence-corrected chi connectivity index (χ3v) is 19.1. The van der Waals surface area contributed by atoms with Crippen LogP contribution in [-0.2, 0) is 68.6 Å². The number of carbonyl (C=O) groups is 11. The third-order valence-electron chi connectivity index (χ3n) is 16.4. The number of allylic oxidation sites excluding steroid dienone is 3. The summed E-state index contributed by atoms with van der Waals surface area (Å²) in [6, 6.07) is 2.26. The van der Waals surface area contributed by atoms with Crippen LogP contribution in [-0.4, -0.2) is 188 Å². The number of anilines is 1. The van der Waals surface area contributed by atoms with Crippen LogP contribution in [0.15, 0.2) is 35.9 Å². The molecule has 3 heterocycles. The summed E-state index contributed by atoms with van der Waals surface area (Å²) in [5, 5.41) is 15.8. The largest absolute Gasteiger partial charge is 0.495 e. The van der Waals surface area contributed by atoms with Crippen LogP contribution in [0.5, 0.6) is 5.75 Å². The number of fused-ring (bicyclic) bond motifs is 4. The van der Waals surface area contributed by atoms with Crippen LogP contribution < -0.4 is 41.5 Å². The Balaban J connectivity index is 1.11. The second-order valence-electron chi connectivity index (χ2n) is 24.1. The number of likely N-dealkylation sites (tertiary alicyclic amines) is 1. The molecular formula is C64H98ClN9O15S2. The van der Waals surface area contributed by atoms with Crippen LogP contribution in [0.4, 0.5) is 10.5 Å². The van der Waals surface area contributed by atoms with Gasteiger partial charge in [0.2, 0.25) is 53.2 Å². The summed E-state index contributed by atoms with van der Waals surface area (Å²) in [5.41, 5.74) is 1.97. The van der Waals surface area contributed by atoms with Gasteiger partial charge in [-0.3, -0.25) is 52.8 Å². The third kappa shape index (κ3) is 26.3. The first-order valence-corrected chi connectivity index (χ1v) is 34.1. The molecule has 2 saturated heterocycles. The molecule has 0 aliphatic carbocycles. The number of hydrogen-bond acceptors (Lipinski definition) is 17. The molecule has 0 aromatic heterocycles. The Bertz CT molecular complexity index is 2760. The zero-order chi connectivity index (χ0) is 67.4. The first-order chi connectivity index (χ1) is 43.2. The number of benzene rings is 1. The van der Waals surface area contributed by atoms with E-state index in [2.05, 4.69) is 38.8 Å². The Morgan fingerprint density at radius 1 is 0.868 bits per heavy atom. The van der Waals surface area contributed by atoms with Gasteiger partial charge in [-0.25, -0.2) is 4.79 Å². The second kappa shape index (κ2) is 39.2. The van der Waals surface area contributed by atoms with Crippen molar-refractivity contribution in [3.8, 4) is 5.75 Å². The molecule has 91 heavy (non-hydrogen) atoms. The van der Waals surface area contributed by atoms with Crippen LogP contribution in [0, 0.1) is 11.8 Å². The van der Waals surface area contributed by atoms with Crippen LogP contribution in [0.3, 0.4) is 0 Å². The van der Waals surface area contributed by atoms with Gasteiger partial charge in [0.05, 0.1) is 55.6 Å². The lowest BCUT2D eigenvalue weighted by atomic mass is 9.85. The quantitative estimate of drug-likeness (QED) is 0.0200. The van der Waals surface area contributed by atoms with Crippen LogP contribution >= 0.6 is 35.1 Å². The maximum Gasteiger partial charge on any atom is 0.407 e.